The largest absolute Gasteiger partial charge is 0.493 e. The number of aliphatic carboxylic acids is 1. The zero-order chi connectivity index (χ0) is 17.6. The molecular formula is C18H29NO4. The Balaban J connectivity index is 2.66. The number of carbonyl (C=O) groups is 1. The molecule has 0 heterocycles. The molecule has 2 atom stereocenters. The van der Waals surface area contributed by atoms with Crippen molar-refractivity contribution in [3.05, 3.63) is 23.8 Å². The molecule has 0 bridgehead atoms. The second kappa shape index (κ2) is 8.20. The molecule has 2 N–H and O–H groups in total. The Morgan fingerprint density at radius 3 is 2.35 bits per heavy atom. The lowest BCUT2D eigenvalue weighted by atomic mass is 9.89. The summed E-state index contributed by atoms with van der Waals surface area (Å²) in [5.41, 5.74) is 0.444. The van der Waals surface area contributed by atoms with Crippen LogP contribution in [0.5, 0.6) is 11.5 Å². The van der Waals surface area contributed by atoms with E-state index in [0.717, 1.165) is 11.3 Å². The van der Waals surface area contributed by atoms with Crippen molar-refractivity contribution in [2.75, 3.05) is 20.8 Å². The normalized spacial score (nSPS) is 14.2. The van der Waals surface area contributed by atoms with Gasteiger partial charge in [-0.25, -0.2) is 0 Å². The van der Waals surface area contributed by atoms with Crippen molar-refractivity contribution in [3.63, 3.8) is 0 Å². The molecule has 0 aliphatic heterocycles. The second-order valence-corrected chi connectivity index (χ2v) is 6.58. The van der Waals surface area contributed by atoms with Gasteiger partial charge in [-0.3, -0.25) is 4.79 Å². The van der Waals surface area contributed by atoms with Gasteiger partial charge >= 0.3 is 5.97 Å². The van der Waals surface area contributed by atoms with E-state index in [1.54, 1.807) is 28.1 Å². The Morgan fingerprint density at radius 2 is 1.83 bits per heavy atom. The minimum Gasteiger partial charge on any atom is -0.493 e. The van der Waals surface area contributed by atoms with Crippen molar-refractivity contribution < 1.29 is 19.4 Å². The molecule has 2 unspecified atom stereocenters. The first kappa shape index (κ1) is 19.3. The maximum absolute atomic E-state index is 11.1. The van der Waals surface area contributed by atoms with Crippen LogP contribution in [-0.4, -0.2) is 37.9 Å². The standard InChI is InChI=1S/C18H29NO4/c1-12(13(2)19-10-9-18(3,4)17(20)21)14-7-8-15(22-5)16(11-14)23-6/h7-8,11-13,19H,9-10H2,1-6H3,(H,20,21). The number of benzene rings is 1. The summed E-state index contributed by atoms with van der Waals surface area (Å²) in [7, 11) is 3.25. The highest BCUT2D eigenvalue weighted by atomic mass is 16.5. The first-order chi connectivity index (χ1) is 10.7. The van der Waals surface area contributed by atoms with Gasteiger partial charge in [0.05, 0.1) is 19.6 Å². The fraction of sp³-hybridized carbons (Fsp3) is 0.611. The van der Waals surface area contributed by atoms with Crippen molar-refractivity contribution in [2.45, 2.75) is 46.1 Å². The number of carboxylic acids is 1. The third kappa shape index (κ3) is 5.13. The summed E-state index contributed by atoms with van der Waals surface area (Å²) >= 11 is 0. The molecule has 0 saturated heterocycles. The van der Waals surface area contributed by atoms with Gasteiger partial charge in [-0.15, -0.1) is 0 Å². The fourth-order valence-corrected chi connectivity index (χ4v) is 2.32. The molecule has 0 fully saturated rings. The topological polar surface area (TPSA) is 67.8 Å². The van der Waals surface area contributed by atoms with Crippen LogP contribution < -0.4 is 14.8 Å². The van der Waals surface area contributed by atoms with Gasteiger partial charge in [-0.05, 0) is 57.4 Å². The quantitative estimate of drug-likeness (QED) is 0.730. The van der Waals surface area contributed by atoms with E-state index in [2.05, 4.69) is 19.2 Å². The van der Waals surface area contributed by atoms with Crippen LogP contribution in [0.2, 0.25) is 0 Å². The summed E-state index contributed by atoms with van der Waals surface area (Å²) in [5.74, 6) is 0.936. The molecule has 130 valence electrons. The minimum atomic E-state index is -0.764. The molecule has 0 aliphatic carbocycles. The molecule has 0 spiro atoms. The molecule has 1 rings (SSSR count). The van der Waals surface area contributed by atoms with Crippen LogP contribution in [0, 0.1) is 5.41 Å². The number of hydrogen-bond acceptors (Lipinski definition) is 4. The number of ether oxygens (including phenoxy) is 2. The summed E-state index contributed by atoms with van der Waals surface area (Å²) in [6.45, 7) is 8.41. The van der Waals surface area contributed by atoms with Crippen LogP contribution in [0.1, 0.15) is 45.6 Å². The molecule has 5 nitrogen and oxygen atoms in total. The van der Waals surface area contributed by atoms with Crippen LogP contribution in [0.25, 0.3) is 0 Å². The first-order valence-corrected chi connectivity index (χ1v) is 7.91. The van der Waals surface area contributed by atoms with Gasteiger partial charge in [0.1, 0.15) is 0 Å². The molecule has 23 heavy (non-hydrogen) atoms. The maximum Gasteiger partial charge on any atom is 0.309 e. The van der Waals surface area contributed by atoms with Crippen molar-refractivity contribution in [3.8, 4) is 11.5 Å². The molecular weight excluding hydrogens is 294 g/mol. The zero-order valence-corrected chi connectivity index (χ0v) is 15.0. The van der Waals surface area contributed by atoms with Crippen LogP contribution in [-0.2, 0) is 4.79 Å². The smallest absolute Gasteiger partial charge is 0.309 e. The van der Waals surface area contributed by atoms with E-state index < -0.39 is 11.4 Å². The highest BCUT2D eigenvalue weighted by Crippen LogP contribution is 2.31. The van der Waals surface area contributed by atoms with E-state index in [9.17, 15) is 4.79 Å². The van der Waals surface area contributed by atoms with E-state index >= 15 is 0 Å². The monoisotopic (exact) mass is 323 g/mol. The van der Waals surface area contributed by atoms with Crippen molar-refractivity contribution in [2.24, 2.45) is 5.41 Å². The molecule has 0 saturated carbocycles. The highest BCUT2D eigenvalue weighted by Gasteiger charge is 2.27. The van der Waals surface area contributed by atoms with E-state index in [-0.39, 0.29) is 12.0 Å². The van der Waals surface area contributed by atoms with E-state index in [4.69, 9.17) is 14.6 Å². The molecule has 1 aromatic rings. The van der Waals surface area contributed by atoms with Crippen LogP contribution in [0.4, 0.5) is 0 Å². The Bertz CT molecular complexity index is 528. The molecule has 0 amide bonds. The third-order valence-corrected chi connectivity index (χ3v) is 4.48. The SMILES string of the molecule is COc1ccc(C(C)C(C)NCCC(C)(C)C(=O)O)cc1OC. The molecule has 0 radical (unpaired) electrons. The number of rotatable bonds is 9. The summed E-state index contributed by atoms with van der Waals surface area (Å²) in [6.07, 6.45) is 0.589. The predicted octanol–water partition coefficient (Wildman–Crippen LogP) is 3.29. The van der Waals surface area contributed by atoms with Crippen LogP contribution >= 0.6 is 0 Å². The first-order valence-electron chi connectivity index (χ1n) is 7.91. The van der Waals surface area contributed by atoms with Gasteiger partial charge in [0.2, 0.25) is 0 Å². The van der Waals surface area contributed by atoms with E-state index in [1.807, 2.05) is 18.2 Å². The van der Waals surface area contributed by atoms with E-state index in [0.29, 0.717) is 18.7 Å². The van der Waals surface area contributed by atoms with Crippen LogP contribution in [0.3, 0.4) is 0 Å². The van der Waals surface area contributed by atoms with Crippen molar-refractivity contribution in [1.82, 2.24) is 5.32 Å². The summed E-state index contributed by atoms with van der Waals surface area (Å²) in [5, 5.41) is 12.6. The molecule has 0 aromatic heterocycles. The lowest BCUT2D eigenvalue weighted by molar-refractivity contribution is -0.147. The Labute approximate surface area is 139 Å². The number of hydrogen-bond donors (Lipinski definition) is 2. The van der Waals surface area contributed by atoms with Crippen molar-refractivity contribution >= 4 is 5.97 Å². The molecule has 5 heteroatoms. The summed E-state index contributed by atoms with van der Waals surface area (Å²) < 4.78 is 10.6. The lowest BCUT2D eigenvalue weighted by Crippen LogP contribution is -2.35. The van der Waals surface area contributed by atoms with Gasteiger partial charge < -0.3 is 19.9 Å². The summed E-state index contributed by atoms with van der Waals surface area (Å²) in [4.78, 5) is 11.1. The second-order valence-electron chi connectivity index (χ2n) is 6.58. The van der Waals surface area contributed by atoms with E-state index in [1.165, 1.54) is 0 Å². The summed E-state index contributed by atoms with van der Waals surface area (Å²) in [6, 6.07) is 6.15. The number of carboxylic acid groups (broad SMARTS) is 1. The molecule has 1 aromatic carbocycles. The van der Waals surface area contributed by atoms with Gasteiger partial charge in [0.25, 0.3) is 0 Å². The third-order valence-electron chi connectivity index (χ3n) is 4.48. The maximum atomic E-state index is 11.1. The average molecular weight is 323 g/mol. The lowest BCUT2D eigenvalue weighted by Gasteiger charge is -2.25. The number of methoxy groups -OCH3 is 2. The Morgan fingerprint density at radius 1 is 1.22 bits per heavy atom. The fourth-order valence-electron chi connectivity index (χ4n) is 2.32. The molecule has 0 aliphatic rings. The predicted molar refractivity (Wildman–Crippen MR) is 91.5 cm³/mol. The number of nitrogens with one attached hydrogen (secondary N) is 1. The van der Waals surface area contributed by atoms with Crippen LogP contribution in [0.15, 0.2) is 18.2 Å². The Kier molecular flexibility index (Phi) is 6.88. The van der Waals surface area contributed by atoms with Gasteiger partial charge in [0, 0.05) is 6.04 Å². The van der Waals surface area contributed by atoms with Crippen molar-refractivity contribution in [1.29, 1.82) is 0 Å². The van der Waals surface area contributed by atoms with Gasteiger partial charge in [-0.1, -0.05) is 13.0 Å². The van der Waals surface area contributed by atoms with Gasteiger partial charge in [0.15, 0.2) is 11.5 Å². The minimum absolute atomic E-state index is 0.220. The average Bonchev–Trinajstić information content (AvgIpc) is 2.52. The Hall–Kier alpha value is -1.75. The van der Waals surface area contributed by atoms with Gasteiger partial charge in [-0.2, -0.15) is 0 Å². The highest BCUT2D eigenvalue weighted by molar-refractivity contribution is 5.73. The zero-order valence-electron chi connectivity index (χ0n) is 15.0.